The maximum absolute atomic E-state index is 12.9. The van der Waals surface area contributed by atoms with E-state index in [2.05, 4.69) is 10.3 Å². The third kappa shape index (κ3) is 4.97. The Labute approximate surface area is 191 Å². The van der Waals surface area contributed by atoms with Crippen molar-refractivity contribution in [2.24, 2.45) is 0 Å². The lowest BCUT2D eigenvalue weighted by Crippen LogP contribution is -2.55. The summed E-state index contributed by atoms with van der Waals surface area (Å²) in [6, 6.07) is 16.8. The van der Waals surface area contributed by atoms with E-state index in [9.17, 15) is 9.59 Å². The van der Waals surface area contributed by atoms with Crippen molar-refractivity contribution in [1.82, 2.24) is 15.8 Å². The predicted octanol–water partition coefficient (Wildman–Crippen LogP) is 3.30. The Morgan fingerprint density at radius 2 is 1.97 bits per heavy atom. The predicted molar refractivity (Wildman–Crippen MR) is 122 cm³/mol. The summed E-state index contributed by atoms with van der Waals surface area (Å²) in [5.41, 5.74) is 4.09. The van der Waals surface area contributed by atoms with E-state index in [1.54, 1.807) is 36.7 Å². The highest BCUT2D eigenvalue weighted by molar-refractivity contribution is 5.95. The molecule has 172 valence electrons. The highest BCUT2D eigenvalue weighted by atomic mass is 16.5. The van der Waals surface area contributed by atoms with Crippen LogP contribution in [0.1, 0.15) is 41.4 Å². The van der Waals surface area contributed by atoms with Crippen molar-refractivity contribution < 1.29 is 24.3 Å². The molecule has 1 saturated heterocycles. The van der Waals surface area contributed by atoms with Gasteiger partial charge in [0.25, 0.3) is 5.91 Å². The number of para-hydroxylation sites is 1. The lowest BCUT2D eigenvalue weighted by Gasteiger charge is -2.32. The van der Waals surface area contributed by atoms with Gasteiger partial charge >= 0.3 is 0 Å². The van der Waals surface area contributed by atoms with E-state index in [0.29, 0.717) is 30.9 Å². The quantitative estimate of drug-likeness (QED) is 0.377. The zero-order chi connectivity index (χ0) is 23.4. The zero-order valence-electron chi connectivity index (χ0n) is 18.6. The molecule has 2 atom stereocenters. The maximum Gasteiger partial charge on any atom is 0.251 e. The van der Waals surface area contributed by atoms with Gasteiger partial charge in [0.05, 0.1) is 23.6 Å². The number of fused-ring (bicyclic) bond motifs is 1. The van der Waals surface area contributed by atoms with Crippen molar-refractivity contribution in [2.75, 3.05) is 6.61 Å². The van der Waals surface area contributed by atoms with Crippen molar-refractivity contribution in [3.05, 3.63) is 71.4 Å². The number of nitrogens with zero attached hydrogens (tertiary/aromatic N) is 1. The third-order valence-electron chi connectivity index (χ3n) is 6.10. The number of hydroxylamine groups is 1. The molecule has 2 aromatic carbocycles. The third-order valence-corrected chi connectivity index (χ3v) is 6.10. The van der Waals surface area contributed by atoms with Crippen LogP contribution in [-0.4, -0.2) is 40.3 Å². The van der Waals surface area contributed by atoms with Crippen molar-refractivity contribution in [2.45, 2.75) is 44.9 Å². The van der Waals surface area contributed by atoms with Crippen LogP contribution >= 0.6 is 0 Å². The molecule has 0 spiro atoms. The first-order valence-electron chi connectivity index (χ1n) is 10.9. The van der Waals surface area contributed by atoms with Crippen LogP contribution in [0.25, 0.3) is 10.9 Å². The molecule has 3 aromatic rings. The van der Waals surface area contributed by atoms with Crippen LogP contribution in [0, 0.1) is 6.92 Å². The zero-order valence-corrected chi connectivity index (χ0v) is 18.6. The van der Waals surface area contributed by atoms with Gasteiger partial charge in [-0.25, -0.2) is 5.48 Å². The minimum Gasteiger partial charge on any atom is -0.489 e. The van der Waals surface area contributed by atoms with E-state index in [1.807, 2.05) is 37.3 Å². The first kappa shape index (κ1) is 22.7. The molecule has 0 bridgehead atoms. The Bertz CT molecular complexity index is 1160. The molecule has 1 aromatic heterocycles. The van der Waals surface area contributed by atoms with Crippen LogP contribution < -0.4 is 15.5 Å². The largest absolute Gasteiger partial charge is 0.489 e. The van der Waals surface area contributed by atoms with E-state index >= 15 is 0 Å². The second-order valence-electron chi connectivity index (χ2n) is 8.34. The summed E-state index contributed by atoms with van der Waals surface area (Å²) >= 11 is 0. The summed E-state index contributed by atoms with van der Waals surface area (Å²) in [4.78, 5) is 29.2. The number of pyridine rings is 1. The molecule has 33 heavy (non-hydrogen) atoms. The minimum absolute atomic E-state index is 0.0725. The Balaban J connectivity index is 1.44. The van der Waals surface area contributed by atoms with Gasteiger partial charge in [-0.2, -0.15) is 0 Å². The van der Waals surface area contributed by atoms with Gasteiger partial charge in [-0.05, 0) is 56.7 Å². The fourth-order valence-corrected chi connectivity index (χ4v) is 4.22. The summed E-state index contributed by atoms with van der Waals surface area (Å²) in [6.45, 7) is 4.57. The van der Waals surface area contributed by atoms with Crippen LogP contribution in [0.5, 0.6) is 5.75 Å². The molecule has 2 unspecified atom stereocenters. The molecule has 2 heterocycles. The summed E-state index contributed by atoms with van der Waals surface area (Å²) in [6.07, 6.45) is 0.0464. The summed E-state index contributed by atoms with van der Waals surface area (Å²) in [7, 11) is 0. The number of rotatable bonds is 7. The SMILES string of the molecule is Cc1cc(COc2ccc(C(=O)NC3(CC(=O)NO)CCOC3C)cc2)c2ccccc2n1. The minimum atomic E-state index is -0.876. The molecule has 0 aliphatic carbocycles. The van der Waals surface area contributed by atoms with Gasteiger partial charge in [0.2, 0.25) is 5.91 Å². The summed E-state index contributed by atoms with van der Waals surface area (Å²) in [5.74, 6) is -0.257. The molecule has 0 saturated carbocycles. The van der Waals surface area contributed by atoms with Gasteiger partial charge in [0.1, 0.15) is 12.4 Å². The number of benzene rings is 2. The number of hydrogen-bond donors (Lipinski definition) is 3. The van der Waals surface area contributed by atoms with E-state index in [-0.39, 0.29) is 18.4 Å². The van der Waals surface area contributed by atoms with Crippen molar-refractivity contribution >= 4 is 22.7 Å². The van der Waals surface area contributed by atoms with Crippen LogP contribution in [0.15, 0.2) is 54.6 Å². The van der Waals surface area contributed by atoms with E-state index in [1.165, 1.54) is 0 Å². The van der Waals surface area contributed by atoms with Gasteiger partial charge in [-0.3, -0.25) is 19.8 Å². The number of carbonyl (C=O) groups is 2. The van der Waals surface area contributed by atoms with Gasteiger partial charge in [0.15, 0.2) is 0 Å². The number of hydrogen-bond acceptors (Lipinski definition) is 6. The molecule has 2 amide bonds. The summed E-state index contributed by atoms with van der Waals surface area (Å²) in [5, 5.41) is 12.9. The Hall–Kier alpha value is -3.49. The van der Waals surface area contributed by atoms with Crippen LogP contribution in [0.4, 0.5) is 0 Å². The Morgan fingerprint density at radius 3 is 2.67 bits per heavy atom. The molecule has 8 nitrogen and oxygen atoms in total. The highest BCUT2D eigenvalue weighted by Gasteiger charge is 2.44. The maximum atomic E-state index is 12.9. The fraction of sp³-hybridized carbons (Fsp3) is 0.320. The number of aromatic nitrogens is 1. The molecular weight excluding hydrogens is 422 g/mol. The van der Waals surface area contributed by atoms with E-state index in [4.69, 9.17) is 14.7 Å². The van der Waals surface area contributed by atoms with E-state index < -0.39 is 11.4 Å². The number of amides is 2. The second-order valence-corrected chi connectivity index (χ2v) is 8.34. The normalized spacial score (nSPS) is 19.9. The average molecular weight is 450 g/mol. The number of nitrogens with one attached hydrogen (secondary N) is 2. The number of carbonyl (C=O) groups excluding carboxylic acids is 2. The average Bonchev–Trinajstić information content (AvgIpc) is 3.16. The monoisotopic (exact) mass is 449 g/mol. The smallest absolute Gasteiger partial charge is 0.251 e. The molecule has 8 heteroatoms. The molecular formula is C25H27N3O5. The van der Waals surface area contributed by atoms with Gasteiger partial charge in [-0.15, -0.1) is 0 Å². The molecule has 0 radical (unpaired) electrons. The highest BCUT2D eigenvalue weighted by Crippen LogP contribution is 2.30. The Kier molecular flexibility index (Phi) is 6.57. The molecule has 1 aliphatic rings. The van der Waals surface area contributed by atoms with Crippen molar-refractivity contribution in [3.63, 3.8) is 0 Å². The summed E-state index contributed by atoms with van der Waals surface area (Å²) < 4.78 is 11.5. The first-order chi connectivity index (χ1) is 15.9. The van der Waals surface area contributed by atoms with Crippen molar-refractivity contribution in [3.8, 4) is 5.75 Å². The van der Waals surface area contributed by atoms with E-state index in [0.717, 1.165) is 22.2 Å². The van der Waals surface area contributed by atoms with Gasteiger partial charge in [0, 0.05) is 28.8 Å². The lowest BCUT2D eigenvalue weighted by atomic mass is 9.87. The number of ether oxygens (including phenoxy) is 2. The molecule has 1 fully saturated rings. The first-order valence-corrected chi connectivity index (χ1v) is 10.9. The molecule has 4 rings (SSSR count). The Morgan fingerprint density at radius 1 is 1.21 bits per heavy atom. The number of aryl methyl sites for hydroxylation is 1. The fourth-order valence-electron chi connectivity index (χ4n) is 4.22. The van der Waals surface area contributed by atoms with Gasteiger partial charge in [-0.1, -0.05) is 18.2 Å². The standard InChI is InChI=1S/C25H27N3O5/c1-16-13-19(21-5-3-4-6-22(21)26-16)15-33-20-9-7-18(8-10-20)24(30)27-25(14-23(29)28-31)11-12-32-17(25)2/h3-10,13,17,31H,11-12,14-15H2,1-2H3,(H,27,30)(H,28,29). The van der Waals surface area contributed by atoms with Gasteiger partial charge < -0.3 is 14.8 Å². The molecule has 3 N–H and O–H groups in total. The molecule has 1 aliphatic heterocycles. The van der Waals surface area contributed by atoms with Crippen LogP contribution in [0.3, 0.4) is 0 Å². The van der Waals surface area contributed by atoms with Crippen molar-refractivity contribution in [1.29, 1.82) is 0 Å². The topological polar surface area (TPSA) is 110 Å². The second kappa shape index (κ2) is 9.56. The lowest BCUT2D eigenvalue weighted by molar-refractivity contribution is -0.131. The van der Waals surface area contributed by atoms with Crippen LogP contribution in [0.2, 0.25) is 0 Å². The van der Waals surface area contributed by atoms with Crippen LogP contribution in [-0.2, 0) is 16.1 Å².